The van der Waals surface area contributed by atoms with Crippen molar-refractivity contribution in [3.8, 4) is 0 Å². The van der Waals surface area contributed by atoms with Crippen molar-refractivity contribution in [1.82, 2.24) is 10.4 Å². The van der Waals surface area contributed by atoms with Gasteiger partial charge in [-0.1, -0.05) is 25.3 Å². The van der Waals surface area contributed by atoms with E-state index >= 15 is 0 Å². The summed E-state index contributed by atoms with van der Waals surface area (Å²) in [6.07, 6.45) is 6.67. The van der Waals surface area contributed by atoms with Crippen LogP contribution in [0.2, 0.25) is 0 Å². The number of nitrogens with zero attached hydrogens (tertiary/aromatic N) is 1. The van der Waals surface area contributed by atoms with E-state index in [0.29, 0.717) is 22.7 Å². The van der Waals surface area contributed by atoms with Gasteiger partial charge in [0.05, 0.1) is 10.1 Å². The van der Waals surface area contributed by atoms with Crippen molar-refractivity contribution in [2.75, 3.05) is 5.32 Å². The SMILES string of the molecule is C[C@@H]1CCC[C@@H](C)N1NC(=O)Nc1cccc(S(=O)(=O)C2CCCC2)c1. The van der Waals surface area contributed by atoms with Crippen LogP contribution in [0.1, 0.15) is 58.8 Å². The number of nitrogens with one attached hydrogen (secondary N) is 2. The van der Waals surface area contributed by atoms with Crippen LogP contribution in [0, 0.1) is 0 Å². The van der Waals surface area contributed by atoms with Crippen LogP contribution in [0.3, 0.4) is 0 Å². The van der Waals surface area contributed by atoms with Crippen LogP contribution in [0.15, 0.2) is 29.2 Å². The highest BCUT2D eigenvalue weighted by Gasteiger charge is 2.30. The fourth-order valence-corrected chi connectivity index (χ4v) is 5.96. The maximum Gasteiger partial charge on any atom is 0.333 e. The van der Waals surface area contributed by atoms with E-state index in [1.807, 2.05) is 5.01 Å². The number of benzene rings is 1. The third-order valence-corrected chi connectivity index (χ3v) is 7.85. The largest absolute Gasteiger partial charge is 0.333 e. The summed E-state index contributed by atoms with van der Waals surface area (Å²) in [5.74, 6) is 0. The topological polar surface area (TPSA) is 78.5 Å². The Hall–Kier alpha value is -1.60. The van der Waals surface area contributed by atoms with Gasteiger partial charge in [-0.25, -0.2) is 18.2 Å². The van der Waals surface area contributed by atoms with E-state index in [-0.39, 0.29) is 11.3 Å². The zero-order valence-electron chi connectivity index (χ0n) is 15.6. The predicted octanol–water partition coefficient (Wildman–Crippen LogP) is 3.70. The molecule has 144 valence electrons. The standard InChI is InChI=1S/C19H29N3O3S/c1-14-7-5-8-15(2)22(14)21-19(23)20-16-9-6-12-18(13-16)26(24,25)17-10-3-4-11-17/h6,9,12-15,17H,3-5,7-8,10-11H2,1-2H3,(H2,20,21,23)/t14-,15-/m1/s1. The molecule has 2 N–H and O–H groups in total. The number of amides is 2. The number of hydrogen-bond acceptors (Lipinski definition) is 4. The van der Waals surface area contributed by atoms with Gasteiger partial charge in [0.15, 0.2) is 9.84 Å². The molecule has 2 fully saturated rings. The first-order valence-electron chi connectivity index (χ1n) is 9.58. The Bertz CT molecular complexity index is 734. The fourth-order valence-electron chi connectivity index (χ4n) is 4.06. The van der Waals surface area contributed by atoms with Gasteiger partial charge in [0, 0.05) is 17.8 Å². The van der Waals surface area contributed by atoms with Gasteiger partial charge in [0.2, 0.25) is 0 Å². The number of anilines is 1. The molecule has 1 aromatic rings. The second-order valence-electron chi connectivity index (χ2n) is 7.58. The predicted molar refractivity (Wildman–Crippen MR) is 103 cm³/mol. The first-order valence-corrected chi connectivity index (χ1v) is 11.1. The third kappa shape index (κ3) is 4.20. The Kier molecular flexibility index (Phi) is 5.87. The second kappa shape index (κ2) is 7.96. The molecule has 6 nitrogen and oxygen atoms in total. The molecule has 0 spiro atoms. The van der Waals surface area contributed by atoms with Crippen molar-refractivity contribution >= 4 is 21.6 Å². The Morgan fingerprint density at radius 3 is 2.35 bits per heavy atom. The van der Waals surface area contributed by atoms with Gasteiger partial charge >= 0.3 is 6.03 Å². The maximum absolute atomic E-state index is 12.7. The van der Waals surface area contributed by atoms with Crippen molar-refractivity contribution in [3.05, 3.63) is 24.3 Å². The van der Waals surface area contributed by atoms with Crippen LogP contribution in [-0.2, 0) is 9.84 Å². The van der Waals surface area contributed by atoms with Gasteiger partial charge < -0.3 is 5.32 Å². The summed E-state index contributed by atoms with van der Waals surface area (Å²) in [4.78, 5) is 12.7. The number of carbonyl (C=O) groups excluding carboxylic acids is 1. The number of hydrogen-bond donors (Lipinski definition) is 2. The number of urea groups is 1. The lowest BCUT2D eigenvalue weighted by atomic mass is 10.00. The Balaban J connectivity index is 1.67. The maximum atomic E-state index is 12.7. The molecule has 26 heavy (non-hydrogen) atoms. The molecule has 0 aromatic heterocycles. The van der Waals surface area contributed by atoms with E-state index in [1.54, 1.807) is 24.3 Å². The summed E-state index contributed by atoms with van der Waals surface area (Å²) in [6.45, 7) is 4.20. The molecular formula is C19H29N3O3S. The first kappa shape index (κ1) is 19.2. The van der Waals surface area contributed by atoms with Crippen molar-refractivity contribution < 1.29 is 13.2 Å². The minimum atomic E-state index is -3.32. The third-order valence-electron chi connectivity index (χ3n) is 5.59. The lowest BCUT2D eigenvalue weighted by Gasteiger charge is -2.38. The average molecular weight is 380 g/mol. The highest BCUT2D eigenvalue weighted by Crippen LogP contribution is 2.30. The summed E-state index contributed by atoms with van der Waals surface area (Å²) in [5, 5.41) is 4.47. The molecule has 7 heteroatoms. The van der Waals surface area contributed by atoms with Gasteiger partial charge in [0.25, 0.3) is 0 Å². The lowest BCUT2D eigenvalue weighted by Crippen LogP contribution is -2.55. The summed E-state index contributed by atoms with van der Waals surface area (Å²) in [7, 11) is -3.32. The van der Waals surface area contributed by atoms with Crippen molar-refractivity contribution in [2.45, 2.75) is 81.0 Å². The first-order chi connectivity index (χ1) is 12.4. The van der Waals surface area contributed by atoms with Gasteiger partial charge in [0.1, 0.15) is 0 Å². The van der Waals surface area contributed by atoms with E-state index in [4.69, 9.17) is 0 Å². The number of hydrazine groups is 1. The van der Waals surface area contributed by atoms with Crippen LogP contribution >= 0.6 is 0 Å². The molecule has 1 aliphatic carbocycles. The Labute approximate surface area is 156 Å². The Morgan fingerprint density at radius 2 is 1.69 bits per heavy atom. The zero-order chi connectivity index (χ0) is 18.7. The molecule has 1 aliphatic heterocycles. The van der Waals surface area contributed by atoms with Crippen LogP contribution in [0.4, 0.5) is 10.5 Å². The highest BCUT2D eigenvalue weighted by atomic mass is 32.2. The van der Waals surface area contributed by atoms with Crippen molar-refractivity contribution in [2.24, 2.45) is 0 Å². The molecule has 1 saturated heterocycles. The summed E-state index contributed by atoms with van der Waals surface area (Å²) >= 11 is 0. The molecule has 0 unspecified atom stereocenters. The fraction of sp³-hybridized carbons (Fsp3) is 0.632. The normalized spacial score (nSPS) is 25.2. The average Bonchev–Trinajstić information content (AvgIpc) is 3.14. The number of rotatable bonds is 4. The minimum Gasteiger partial charge on any atom is -0.307 e. The van der Waals surface area contributed by atoms with Crippen molar-refractivity contribution in [3.63, 3.8) is 0 Å². The molecule has 2 amide bonds. The molecule has 3 rings (SSSR count). The van der Waals surface area contributed by atoms with Gasteiger partial charge in [-0.05, 0) is 57.7 Å². The molecule has 1 saturated carbocycles. The molecule has 2 aliphatic rings. The van der Waals surface area contributed by atoms with E-state index < -0.39 is 9.84 Å². The number of piperidine rings is 1. The smallest absolute Gasteiger partial charge is 0.307 e. The lowest BCUT2D eigenvalue weighted by molar-refractivity contribution is 0.0625. The quantitative estimate of drug-likeness (QED) is 0.836. The van der Waals surface area contributed by atoms with Crippen LogP contribution in [0.5, 0.6) is 0 Å². The molecule has 0 radical (unpaired) electrons. The number of carbonyl (C=O) groups is 1. The molecule has 0 bridgehead atoms. The van der Waals surface area contributed by atoms with Crippen LogP contribution in [0.25, 0.3) is 0 Å². The van der Waals surface area contributed by atoms with E-state index in [1.165, 1.54) is 6.42 Å². The van der Waals surface area contributed by atoms with Crippen LogP contribution in [-0.4, -0.2) is 36.8 Å². The minimum absolute atomic E-state index is 0.290. The van der Waals surface area contributed by atoms with Gasteiger partial charge in [-0.15, -0.1) is 0 Å². The zero-order valence-corrected chi connectivity index (χ0v) is 16.4. The monoisotopic (exact) mass is 379 g/mol. The second-order valence-corrected chi connectivity index (χ2v) is 9.81. The Morgan fingerprint density at radius 1 is 1.04 bits per heavy atom. The van der Waals surface area contributed by atoms with E-state index in [0.717, 1.165) is 38.5 Å². The number of sulfone groups is 1. The molecule has 1 aromatic carbocycles. The molecular weight excluding hydrogens is 350 g/mol. The summed E-state index contributed by atoms with van der Waals surface area (Å²) in [6, 6.07) is 6.83. The summed E-state index contributed by atoms with van der Waals surface area (Å²) in [5.41, 5.74) is 3.41. The van der Waals surface area contributed by atoms with Gasteiger partial charge in [-0.2, -0.15) is 0 Å². The molecule has 1 heterocycles. The highest BCUT2D eigenvalue weighted by molar-refractivity contribution is 7.92. The summed E-state index contributed by atoms with van der Waals surface area (Å²) < 4.78 is 25.5. The molecule has 2 atom stereocenters. The van der Waals surface area contributed by atoms with E-state index in [9.17, 15) is 13.2 Å². The van der Waals surface area contributed by atoms with E-state index in [2.05, 4.69) is 24.6 Å². The van der Waals surface area contributed by atoms with Gasteiger partial charge in [-0.3, -0.25) is 5.43 Å². The van der Waals surface area contributed by atoms with Crippen LogP contribution < -0.4 is 10.7 Å². The van der Waals surface area contributed by atoms with Crippen molar-refractivity contribution in [1.29, 1.82) is 0 Å².